The van der Waals surface area contributed by atoms with Crippen LogP contribution in [-0.2, 0) is 4.79 Å². The third kappa shape index (κ3) is 4.22. The number of nitrogens with two attached hydrogens (primary N) is 1. The maximum absolute atomic E-state index is 12.0. The molecule has 0 saturated carbocycles. The summed E-state index contributed by atoms with van der Waals surface area (Å²) in [5.41, 5.74) is 6.22. The van der Waals surface area contributed by atoms with Crippen molar-refractivity contribution >= 4 is 29.9 Å². The largest absolute Gasteiger partial charge is 0.366 e. The number of benzene rings is 1. The molecule has 1 fully saturated rings. The highest BCUT2D eigenvalue weighted by Gasteiger charge is 2.20. The van der Waals surface area contributed by atoms with Gasteiger partial charge in [-0.15, -0.1) is 12.4 Å². The molecular weight excluding hydrogens is 266 g/mol. The maximum Gasteiger partial charge on any atom is 0.248 e. The summed E-state index contributed by atoms with van der Waals surface area (Å²) in [5, 5.41) is 6.05. The zero-order valence-corrected chi connectivity index (χ0v) is 11.3. The summed E-state index contributed by atoms with van der Waals surface area (Å²) < 4.78 is 0. The molecule has 1 aromatic rings. The first kappa shape index (κ1) is 15.5. The van der Waals surface area contributed by atoms with E-state index < -0.39 is 5.91 Å². The third-order valence-corrected chi connectivity index (χ3v) is 3.12. The number of carbonyl (C=O) groups excluding carboxylic acids is 2. The van der Waals surface area contributed by atoms with E-state index in [1.165, 1.54) is 0 Å². The highest BCUT2D eigenvalue weighted by atomic mass is 35.5. The predicted octanol–water partition coefficient (Wildman–Crippen LogP) is 1.15. The van der Waals surface area contributed by atoms with E-state index in [1.807, 2.05) is 0 Å². The molecule has 2 rings (SSSR count). The van der Waals surface area contributed by atoms with Gasteiger partial charge in [-0.25, -0.2) is 0 Å². The van der Waals surface area contributed by atoms with Gasteiger partial charge in [0.25, 0.3) is 0 Å². The van der Waals surface area contributed by atoms with Crippen molar-refractivity contribution in [2.24, 2.45) is 11.7 Å². The first-order valence-corrected chi connectivity index (χ1v) is 6.08. The number of primary amides is 1. The number of hydrogen-bond acceptors (Lipinski definition) is 3. The summed E-state index contributed by atoms with van der Waals surface area (Å²) in [4.78, 5) is 23.0. The average molecular weight is 284 g/mol. The van der Waals surface area contributed by atoms with Crippen LogP contribution < -0.4 is 16.4 Å². The fraction of sp³-hybridized carbons (Fsp3) is 0.385. The van der Waals surface area contributed by atoms with Crippen molar-refractivity contribution < 1.29 is 9.59 Å². The van der Waals surface area contributed by atoms with Crippen molar-refractivity contribution in [3.63, 3.8) is 0 Å². The Balaban J connectivity index is 0.00000180. The van der Waals surface area contributed by atoms with Gasteiger partial charge in [0.1, 0.15) is 0 Å². The fourth-order valence-electron chi connectivity index (χ4n) is 2.08. The van der Waals surface area contributed by atoms with E-state index in [9.17, 15) is 9.59 Å². The Kier molecular flexibility index (Phi) is 5.79. The second-order valence-electron chi connectivity index (χ2n) is 4.46. The van der Waals surface area contributed by atoms with Gasteiger partial charge < -0.3 is 16.4 Å². The van der Waals surface area contributed by atoms with Crippen molar-refractivity contribution in [3.8, 4) is 0 Å². The first-order valence-electron chi connectivity index (χ1n) is 6.08. The number of amides is 2. The minimum atomic E-state index is -0.493. The molecule has 1 aliphatic heterocycles. The molecule has 0 spiro atoms. The Morgan fingerprint density at radius 3 is 2.58 bits per heavy atom. The van der Waals surface area contributed by atoms with Crippen LogP contribution in [-0.4, -0.2) is 24.9 Å². The van der Waals surface area contributed by atoms with Crippen LogP contribution in [0.2, 0.25) is 0 Å². The summed E-state index contributed by atoms with van der Waals surface area (Å²) in [5.74, 6) is -0.436. The number of halogens is 1. The number of rotatable bonds is 3. The van der Waals surface area contributed by atoms with Crippen LogP contribution in [0, 0.1) is 5.92 Å². The molecule has 2 amide bonds. The molecule has 1 saturated heterocycles. The van der Waals surface area contributed by atoms with Gasteiger partial charge in [0.15, 0.2) is 0 Å². The van der Waals surface area contributed by atoms with Crippen molar-refractivity contribution in [1.82, 2.24) is 5.32 Å². The van der Waals surface area contributed by atoms with Gasteiger partial charge in [-0.1, -0.05) is 6.07 Å². The number of anilines is 1. The van der Waals surface area contributed by atoms with Gasteiger partial charge >= 0.3 is 0 Å². The molecule has 4 N–H and O–H groups in total. The lowest BCUT2D eigenvalue weighted by molar-refractivity contribution is -0.120. The molecule has 0 unspecified atom stereocenters. The Hall–Kier alpha value is -1.59. The van der Waals surface area contributed by atoms with E-state index in [-0.39, 0.29) is 24.2 Å². The Morgan fingerprint density at radius 1 is 1.26 bits per heavy atom. The Morgan fingerprint density at radius 2 is 1.95 bits per heavy atom. The summed E-state index contributed by atoms with van der Waals surface area (Å²) in [6.45, 7) is 1.75. The summed E-state index contributed by atoms with van der Waals surface area (Å²) in [6.07, 6.45) is 1.70. The van der Waals surface area contributed by atoms with Crippen LogP contribution in [0.5, 0.6) is 0 Å². The van der Waals surface area contributed by atoms with E-state index in [2.05, 4.69) is 10.6 Å². The highest BCUT2D eigenvalue weighted by Crippen LogP contribution is 2.16. The molecule has 1 aromatic carbocycles. The SMILES string of the molecule is Cl.NC(=O)c1cccc(NC(=O)C2CCNCC2)c1. The zero-order valence-electron chi connectivity index (χ0n) is 10.5. The molecule has 104 valence electrons. The molecule has 1 heterocycles. The molecular formula is C13H18ClN3O2. The third-order valence-electron chi connectivity index (χ3n) is 3.12. The normalized spacial score (nSPS) is 15.4. The molecule has 1 aliphatic rings. The molecule has 0 aromatic heterocycles. The van der Waals surface area contributed by atoms with Crippen molar-refractivity contribution in [3.05, 3.63) is 29.8 Å². The molecule has 6 heteroatoms. The standard InChI is InChI=1S/C13H17N3O2.ClH/c14-12(17)10-2-1-3-11(8-10)16-13(18)9-4-6-15-7-5-9;/h1-3,8-9,15H,4-7H2,(H2,14,17)(H,16,18);1H. The van der Waals surface area contributed by atoms with Crippen molar-refractivity contribution in [2.75, 3.05) is 18.4 Å². The average Bonchev–Trinajstić information content (AvgIpc) is 2.40. The zero-order chi connectivity index (χ0) is 13.0. The van der Waals surface area contributed by atoms with Gasteiger partial charge in [0.2, 0.25) is 11.8 Å². The van der Waals surface area contributed by atoms with E-state index >= 15 is 0 Å². The van der Waals surface area contributed by atoms with E-state index in [1.54, 1.807) is 24.3 Å². The lowest BCUT2D eigenvalue weighted by Gasteiger charge is -2.21. The second-order valence-corrected chi connectivity index (χ2v) is 4.46. The Labute approximate surface area is 118 Å². The highest BCUT2D eigenvalue weighted by molar-refractivity contribution is 5.96. The molecule has 0 radical (unpaired) electrons. The molecule has 0 bridgehead atoms. The minimum Gasteiger partial charge on any atom is -0.366 e. The van der Waals surface area contributed by atoms with E-state index in [4.69, 9.17) is 5.73 Å². The molecule has 0 aliphatic carbocycles. The molecule has 5 nitrogen and oxygen atoms in total. The summed E-state index contributed by atoms with van der Waals surface area (Å²) >= 11 is 0. The summed E-state index contributed by atoms with van der Waals surface area (Å²) in [6, 6.07) is 6.69. The number of hydrogen-bond donors (Lipinski definition) is 3. The fourth-order valence-corrected chi connectivity index (χ4v) is 2.08. The second kappa shape index (κ2) is 7.11. The van der Waals surface area contributed by atoms with E-state index in [0.717, 1.165) is 25.9 Å². The van der Waals surface area contributed by atoms with Gasteiger partial charge in [0.05, 0.1) is 0 Å². The van der Waals surface area contributed by atoms with Gasteiger partial charge in [0, 0.05) is 17.2 Å². The number of carbonyl (C=O) groups is 2. The number of piperidine rings is 1. The van der Waals surface area contributed by atoms with Gasteiger partial charge in [-0.05, 0) is 44.1 Å². The minimum absolute atomic E-state index is 0. The van der Waals surface area contributed by atoms with Crippen LogP contribution in [0.3, 0.4) is 0 Å². The Bertz CT molecular complexity index is 459. The number of nitrogens with one attached hydrogen (secondary N) is 2. The van der Waals surface area contributed by atoms with E-state index in [0.29, 0.717) is 11.3 Å². The molecule has 0 atom stereocenters. The maximum atomic E-state index is 12.0. The predicted molar refractivity (Wildman–Crippen MR) is 76.4 cm³/mol. The quantitative estimate of drug-likeness (QED) is 0.778. The van der Waals surface area contributed by atoms with Crippen LogP contribution in [0.4, 0.5) is 5.69 Å². The van der Waals surface area contributed by atoms with Crippen molar-refractivity contribution in [2.45, 2.75) is 12.8 Å². The van der Waals surface area contributed by atoms with Crippen LogP contribution >= 0.6 is 12.4 Å². The topological polar surface area (TPSA) is 84.2 Å². The van der Waals surface area contributed by atoms with Gasteiger partial charge in [-0.2, -0.15) is 0 Å². The monoisotopic (exact) mass is 283 g/mol. The first-order chi connectivity index (χ1) is 8.66. The van der Waals surface area contributed by atoms with Gasteiger partial charge in [-0.3, -0.25) is 9.59 Å². The van der Waals surface area contributed by atoms with Crippen LogP contribution in [0.15, 0.2) is 24.3 Å². The summed E-state index contributed by atoms with van der Waals surface area (Å²) in [7, 11) is 0. The molecule has 19 heavy (non-hydrogen) atoms. The van der Waals surface area contributed by atoms with Crippen LogP contribution in [0.1, 0.15) is 23.2 Å². The smallest absolute Gasteiger partial charge is 0.248 e. The van der Waals surface area contributed by atoms with Crippen LogP contribution in [0.25, 0.3) is 0 Å². The lowest BCUT2D eigenvalue weighted by atomic mass is 9.97. The lowest BCUT2D eigenvalue weighted by Crippen LogP contribution is -2.34. The van der Waals surface area contributed by atoms with Crippen molar-refractivity contribution in [1.29, 1.82) is 0 Å².